The molecule has 244 valence electrons. The first kappa shape index (κ1) is 33.4. The summed E-state index contributed by atoms with van der Waals surface area (Å²) in [6, 6.07) is 0. The predicted molar refractivity (Wildman–Crippen MR) is 185 cm³/mol. The summed E-state index contributed by atoms with van der Waals surface area (Å²) in [6.07, 6.45) is 36.8. The van der Waals surface area contributed by atoms with Gasteiger partial charge in [0.05, 0.1) is 0 Å². The van der Waals surface area contributed by atoms with Gasteiger partial charge in [0.1, 0.15) is 0 Å². The molecule has 0 radical (unpaired) electrons. The van der Waals surface area contributed by atoms with Crippen molar-refractivity contribution in [3.8, 4) is 0 Å². The molecule has 5 fully saturated rings. The van der Waals surface area contributed by atoms with Crippen LogP contribution in [0.5, 0.6) is 0 Å². The zero-order chi connectivity index (χ0) is 29.5. The van der Waals surface area contributed by atoms with Gasteiger partial charge in [-0.25, -0.2) is 0 Å². The first-order valence-electron chi connectivity index (χ1n) is 20.5. The highest BCUT2D eigenvalue weighted by atomic mass is 14.5. The first-order chi connectivity index (χ1) is 20.5. The standard InChI is InChI=1S/C42H76/c1-6-7-18-32(4)42(36-24-13-9-20-31(36)3)41(29-35-23-10-8-19-30(35)2)38-26-14-11-21-34-22-12-15-27-39(34)40-28-17-16-25-37(40)33(38)5/h30-42H,6-29H2,1-5H3. The number of rotatable bonds is 9. The van der Waals surface area contributed by atoms with Gasteiger partial charge in [0.15, 0.2) is 0 Å². The largest absolute Gasteiger partial charge is 0.0654 e. The summed E-state index contributed by atoms with van der Waals surface area (Å²) in [4.78, 5) is 0. The van der Waals surface area contributed by atoms with E-state index in [2.05, 4.69) is 34.6 Å². The molecular formula is C42H76. The van der Waals surface area contributed by atoms with Crippen molar-refractivity contribution in [1.82, 2.24) is 0 Å². The Kier molecular flexibility index (Phi) is 13.1. The molecule has 0 N–H and O–H groups in total. The molecule has 13 unspecified atom stereocenters. The third-order valence-electron chi connectivity index (χ3n) is 15.4. The van der Waals surface area contributed by atoms with Gasteiger partial charge in [-0.3, -0.25) is 0 Å². The van der Waals surface area contributed by atoms with Gasteiger partial charge in [-0.05, 0) is 115 Å². The fourth-order valence-corrected chi connectivity index (χ4v) is 13.0. The molecule has 0 amide bonds. The number of fused-ring (bicyclic) bond motifs is 3. The lowest BCUT2D eigenvalue weighted by molar-refractivity contribution is -0.0312. The Hall–Kier alpha value is 0. The summed E-state index contributed by atoms with van der Waals surface area (Å²) < 4.78 is 0. The molecule has 0 nitrogen and oxygen atoms in total. The maximum Gasteiger partial charge on any atom is -0.0326 e. The maximum absolute atomic E-state index is 2.86. The van der Waals surface area contributed by atoms with Gasteiger partial charge < -0.3 is 0 Å². The van der Waals surface area contributed by atoms with Crippen molar-refractivity contribution in [2.45, 2.75) is 189 Å². The van der Waals surface area contributed by atoms with Crippen LogP contribution in [0, 0.1) is 76.9 Å². The lowest BCUT2D eigenvalue weighted by atomic mass is 9.53. The quantitative estimate of drug-likeness (QED) is 0.254. The molecule has 0 heterocycles. The third-order valence-corrected chi connectivity index (χ3v) is 15.4. The van der Waals surface area contributed by atoms with Crippen LogP contribution < -0.4 is 0 Å². The average molecular weight is 581 g/mol. The zero-order valence-electron chi connectivity index (χ0n) is 29.5. The van der Waals surface area contributed by atoms with Crippen molar-refractivity contribution in [2.75, 3.05) is 0 Å². The minimum atomic E-state index is 0.923. The highest BCUT2D eigenvalue weighted by Gasteiger charge is 2.47. The number of hydrogen-bond acceptors (Lipinski definition) is 0. The molecule has 5 saturated carbocycles. The van der Waals surface area contributed by atoms with E-state index in [-0.39, 0.29) is 0 Å². The summed E-state index contributed by atoms with van der Waals surface area (Å²) in [5.41, 5.74) is 0. The van der Waals surface area contributed by atoms with Gasteiger partial charge in [0, 0.05) is 0 Å². The minimum Gasteiger partial charge on any atom is -0.0654 e. The van der Waals surface area contributed by atoms with Gasteiger partial charge >= 0.3 is 0 Å². The molecule has 13 atom stereocenters. The van der Waals surface area contributed by atoms with E-state index in [4.69, 9.17) is 0 Å². The van der Waals surface area contributed by atoms with Crippen molar-refractivity contribution in [1.29, 1.82) is 0 Å². The molecule has 0 aromatic heterocycles. The smallest absolute Gasteiger partial charge is 0.0326 e. The minimum absolute atomic E-state index is 0.923. The highest BCUT2D eigenvalue weighted by molar-refractivity contribution is 4.96. The molecule has 42 heavy (non-hydrogen) atoms. The van der Waals surface area contributed by atoms with E-state index in [1.807, 2.05) is 0 Å². The summed E-state index contributed by atoms with van der Waals surface area (Å²) in [7, 11) is 0. The molecule has 0 aliphatic heterocycles. The number of unbranched alkanes of at least 4 members (excludes halogenated alkanes) is 1. The Labute approximate surface area is 265 Å². The summed E-state index contributed by atoms with van der Waals surface area (Å²) >= 11 is 0. The Balaban J connectivity index is 1.51. The normalized spacial score (nSPS) is 42.5. The van der Waals surface area contributed by atoms with Crippen molar-refractivity contribution >= 4 is 0 Å². The average Bonchev–Trinajstić information content (AvgIpc) is 3.01. The van der Waals surface area contributed by atoms with E-state index in [1.165, 1.54) is 70.6 Å². The molecule has 5 aliphatic carbocycles. The predicted octanol–water partition coefficient (Wildman–Crippen LogP) is 13.5. The van der Waals surface area contributed by atoms with Crippen LogP contribution in [0.2, 0.25) is 0 Å². The van der Waals surface area contributed by atoms with Gasteiger partial charge in [-0.15, -0.1) is 0 Å². The second-order valence-corrected chi connectivity index (χ2v) is 17.7. The van der Waals surface area contributed by atoms with E-state index < -0.39 is 0 Å². The zero-order valence-corrected chi connectivity index (χ0v) is 29.5. The van der Waals surface area contributed by atoms with Gasteiger partial charge in [0.25, 0.3) is 0 Å². The Bertz CT molecular complexity index is 753. The van der Waals surface area contributed by atoms with Crippen LogP contribution in [-0.4, -0.2) is 0 Å². The van der Waals surface area contributed by atoms with Crippen LogP contribution >= 0.6 is 0 Å². The lowest BCUT2D eigenvalue weighted by Gasteiger charge is -2.52. The fourth-order valence-electron chi connectivity index (χ4n) is 13.0. The van der Waals surface area contributed by atoms with Gasteiger partial charge in [-0.1, -0.05) is 150 Å². The Morgan fingerprint density at radius 1 is 0.548 bits per heavy atom. The molecular weight excluding hydrogens is 504 g/mol. The topological polar surface area (TPSA) is 0 Å². The number of hydrogen-bond donors (Lipinski definition) is 0. The molecule has 0 heteroatoms. The molecule has 0 spiro atoms. The highest BCUT2D eigenvalue weighted by Crippen LogP contribution is 2.55. The Morgan fingerprint density at radius 2 is 1.10 bits per heavy atom. The first-order valence-corrected chi connectivity index (χ1v) is 20.5. The lowest BCUT2D eigenvalue weighted by Crippen LogP contribution is -2.45. The molecule has 5 aliphatic rings. The summed E-state index contributed by atoms with van der Waals surface area (Å²) in [5, 5.41) is 0. The van der Waals surface area contributed by atoms with Crippen molar-refractivity contribution < 1.29 is 0 Å². The maximum atomic E-state index is 2.86. The molecule has 5 rings (SSSR count). The van der Waals surface area contributed by atoms with Crippen LogP contribution in [0.1, 0.15) is 189 Å². The molecule has 0 saturated heterocycles. The van der Waals surface area contributed by atoms with Gasteiger partial charge in [-0.2, -0.15) is 0 Å². The Morgan fingerprint density at radius 3 is 1.76 bits per heavy atom. The van der Waals surface area contributed by atoms with E-state index in [0.29, 0.717) is 0 Å². The van der Waals surface area contributed by atoms with E-state index in [9.17, 15) is 0 Å². The fraction of sp³-hybridized carbons (Fsp3) is 1.00. The summed E-state index contributed by atoms with van der Waals surface area (Å²) in [5.74, 6) is 13.1. The van der Waals surface area contributed by atoms with Crippen molar-refractivity contribution in [3.05, 3.63) is 0 Å². The van der Waals surface area contributed by atoms with Crippen LogP contribution in [0.15, 0.2) is 0 Å². The van der Waals surface area contributed by atoms with Crippen molar-refractivity contribution in [2.24, 2.45) is 76.9 Å². The third kappa shape index (κ3) is 8.04. The SMILES string of the molecule is CCCCC(C)C(C1CCCCC1C)C(CC1CCCCC1C)C1CCCCC2CCCCC2C2CCCCC2C1C. The van der Waals surface area contributed by atoms with Crippen LogP contribution in [0.3, 0.4) is 0 Å². The molecule has 0 aromatic carbocycles. The van der Waals surface area contributed by atoms with E-state index in [0.717, 1.165) is 76.9 Å². The van der Waals surface area contributed by atoms with Gasteiger partial charge in [0.2, 0.25) is 0 Å². The second-order valence-electron chi connectivity index (χ2n) is 17.7. The van der Waals surface area contributed by atoms with E-state index in [1.54, 1.807) is 83.5 Å². The van der Waals surface area contributed by atoms with Crippen LogP contribution in [0.25, 0.3) is 0 Å². The monoisotopic (exact) mass is 581 g/mol. The van der Waals surface area contributed by atoms with Crippen LogP contribution in [-0.2, 0) is 0 Å². The second kappa shape index (κ2) is 16.5. The van der Waals surface area contributed by atoms with E-state index >= 15 is 0 Å². The molecule has 0 bridgehead atoms. The van der Waals surface area contributed by atoms with Crippen LogP contribution in [0.4, 0.5) is 0 Å². The van der Waals surface area contributed by atoms with Crippen molar-refractivity contribution in [3.63, 3.8) is 0 Å². The molecule has 0 aromatic rings. The summed E-state index contributed by atoms with van der Waals surface area (Å²) in [6.45, 7) is 13.4.